The first kappa shape index (κ1) is 47.1. The van der Waals surface area contributed by atoms with E-state index in [0.717, 1.165) is 12.1 Å². The molecule has 0 unspecified atom stereocenters. The van der Waals surface area contributed by atoms with E-state index in [2.05, 4.69) is 54.6 Å². The number of carboxylic acid groups (broad SMARTS) is 1. The van der Waals surface area contributed by atoms with Gasteiger partial charge in [-0.15, -0.1) is 14.6 Å². The fraction of sp³-hybridized carbons (Fsp3) is 0.121. The van der Waals surface area contributed by atoms with E-state index in [1.165, 1.54) is 47.4 Å². The zero-order valence-electron chi connectivity index (χ0n) is 31.2. The van der Waals surface area contributed by atoms with E-state index >= 15 is 0 Å². The number of nitrogens with one attached hydrogen (secondary N) is 2. The molecular weight excluding hydrogens is 926 g/mol. The van der Waals surface area contributed by atoms with Crippen molar-refractivity contribution in [3.05, 3.63) is 101 Å². The number of anilines is 5. The second-order valence-corrected chi connectivity index (χ2v) is 17.6. The van der Waals surface area contributed by atoms with Crippen molar-refractivity contribution in [2.45, 2.75) is 21.6 Å². The molecule has 0 spiro atoms. The maximum Gasteiger partial charge on any atom is 0.397 e. The Bertz CT molecular complexity index is 2840. The van der Waals surface area contributed by atoms with Crippen molar-refractivity contribution in [2.24, 2.45) is 15.3 Å². The van der Waals surface area contributed by atoms with E-state index in [9.17, 15) is 44.8 Å². The van der Waals surface area contributed by atoms with Crippen LogP contribution in [-0.4, -0.2) is 95.5 Å². The Morgan fingerprint density at radius 2 is 1.61 bits per heavy atom. The number of azo groups is 1. The largest absolute Gasteiger partial charge is 0.504 e. The van der Waals surface area contributed by atoms with E-state index in [1.54, 1.807) is 37.3 Å². The number of phenols is 1. The predicted octanol–water partition coefficient (Wildman–Crippen LogP) is 5.66. The maximum atomic E-state index is 12.7. The Kier molecular flexibility index (Phi) is 15.4. The zero-order chi connectivity index (χ0) is 45.2. The minimum atomic E-state index is -4.98. The number of benzene rings is 4. The zero-order valence-corrected chi connectivity index (χ0v) is 35.2. The third-order valence-corrected chi connectivity index (χ3v) is 11.5. The first-order valence-electron chi connectivity index (χ1n) is 16.9. The second-order valence-electron chi connectivity index (χ2n) is 11.8. The van der Waals surface area contributed by atoms with Crippen molar-refractivity contribution in [3.63, 3.8) is 0 Å². The normalized spacial score (nSPS) is 12.4. The fourth-order valence-electron chi connectivity index (χ4n) is 5.05. The highest BCUT2D eigenvalue weighted by Crippen LogP contribution is 2.39. The first-order chi connectivity index (χ1) is 29.3. The van der Waals surface area contributed by atoms with Crippen molar-refractivity contribution < 1.29 is 68.2 Å². The highest BCUT2D eigenvalue weighted by molar-refractivity contribution is 7.94. The number of hydrogen-bond donors (Lipinski definition) is 7. The van der Waals surface area contributed by atoms with Crippen LogP contribution in [0.15, 0.2) is 115 Å². The molecule has 7 N–H and O–H groups in total. The van der Waals surface area contributed by atoms with E-state index in [4.69, 9.17) is 21.4 Å². The molecule has 0 radical (unpaired) electrons. The molecule has 5 aromatic rings. The van der Waals surface area contributed by atoms with Gasteiger partial charge < -0.3 is 20.4 Å². The van der Waals surface area contributed by atoms with Crippen LogP contribution in [0.3, 0.4) is 0 Å². The van der Waals surface area contributed by atoms with Crippen molar-refractivity contribution in [3.8, 4) is 5.75 Å². The number of amidine groups is 1. The fourth-order valence-corrected chi connectivity index (χ4v) is 7.62. The van der Waals surface area contributed by atoms with Gasteiger partial charge in [0.25, 0.3) is 10.1 Å². The number of aromatic carboxylic acids is 1. The monoisotopic (exact) mass is 955 g/mol. The number of aromatic hydroxyl groups is 1. The van der Waals surface area contributed by atoms with Gasteiger partial charge in [-0.25, -0.2) is 22.7 Å². The predicted molar refractivity (Wildman–Crippen MR) is 220 cm³/mol. The van der Waals surface area contributed by atoms with Crippen LogP contribution in [0, 0.1) is 0 Å². The molecule has 0 saturated heterocycles. The molecule has 1 aromatic heterocycles. The highest BCUT2D eigenvalue weighted by atomic mass is 35.5. The van der Waals surface area contributed by atoms with Gasteiger partial charge >= 0.3 is 16.4 Å². The van der Waals surface area contributed by atoms with Crippen LogP contribution in [0.5, 0.6) is 5.75 Å². The lowest BCUT2D eigenvalue weighted by molar-refractivity contribution is -0.432. The topological polar surface area (TPSA) is 351 Å². The molecule has 0 bridgehead atoms. The summed E-state index contributed by atoms with van der Waals surface area (Å²) in [6.45, 7) is 1.02. The molecule has 0 atom stereocenters. The molecule has 0 aliphatic rings. The van der Waals surface area contributed by atoms with Crippen molar-refractivity contribution in [1.29, 1.82) is 0 Å². The van der Waals surface area contributed by atoms with Crippen LogP contribution in [0.4, 0.5) is 34.6 Å². The molecule has 328 valence electrons. The summed E-state index contributed by atoms with van der Waals surface area (Å²) in [5.41, 5.74) is 1.95. The van der Waals surface area contributed by atoms with Gasteiger partial charge in [-0.05, 0) is 73.1 Å². The number of phenolic OH excluding ortho intramolecular Hbond substituents is 1. The van der Waals surface area contributed by atoms with Gasteiger partial charge in [-0.1, -0.05) is 35.4 Å². The molecule has 62 heavy (non-hydrogen) atoms. The van der Waals surface area contributed by atoms with Gasteiger partial charge in [0.15, 0.2) is 15.6 Å². The Morgan fingerprint density at radius 3 is 2.24 bits per heavy atom. The van der Waals surface area contributed by atoms with Crippen molar-refractivity contribution in [2.75, 3.05) is 34.5 Å². The van der Waals surface area contributed by atoms with Gasteiger partial charge in [-0.3, -0.25) is 14.5 Å². The summed E-state index contributed by atoms with van der Waals surface area (Å²) in [6, 6.07) is 18.7. The van der Waals surface area contributed by atoms with Gasteiger partial charge in [0.05, 0.1) is 51.1 Å². The standard InChI is InChI=1S/C33H30ClN9O15S4/c1-2-43(20-8-11-22(12-9-20)60(48,49)15-14-56-62(53,54)55)33-37-31(34)36-32(38-33)35-26-17-23(61(50,51)52)18-27(28(26)44)40-42-29(19-6-4-3-5-7-19)41-39-25-16-21(59-58-57-47)10-13-24(25)30(45)46/h3-13,16-18,39,44,47H,2,14-15H2,1H3,(H,45,46)(H,50,51,52)(H,53,54,55)(H,35,36,37,38)/b41-29-,42-40?. The summed E-state index contributed by atoms with van der Waals surface area (Å²) in [4.78, 5) is 25.1. The molecular formula is C33H30ClN9O15S4. The lowest BCUT2D eigenvalue weighted by Crippen LogP contribution is -2.20. The second kappa shape index (κ2) is 20.3. The first-order valence-corrected chi connectivity index (χ1v) is 22.4. The van der Waals surface area contributed by atoms with Crippen LogP contribution in [0.2, 0.25) is 5.28 Å². The highest BCUT2D eigenvalue weighted by Gasteiger charge is 2.22. The molecule has 0 saturated carbocycles. The molecule has 0 amide bonds. The molecule has 0 aliphatic heterocycles. The maximum absolute atomic E-state index is 12.7. The number of hydrazone groups is 1. The SMILES string of the molecule is CCN(c1ccc(S(=O)(=O)CCOS(=O)(=O)O)cc1)c1nc(Cl)nc(Nc2cc(S(=O)(=O)O)cc(N=N/C(=N\Nc3cc(SOOO)ccc3C(=O)O)c3ccccc3)c2O)n1. The third kappa shape index (κ3) is 12.8. The van der Waals surface area contributed by atoms with Crippen LogP contribution >= 0.6 is 23.6 Å². The van der Waals surface area contributed by atoms with Crippen LogP contribution in [-0.2, 0) is 43.9 Å². The number of hydrogen-bond acceptors (Lipinski definition) is 21. The van der Waals surface area contributed by atoms with Gasteiger partial charge in [-0.2, -0.15) is 36.9 Å². The van der Waals surface area contributed by atoms with Crippen LogP contribution in [0.1, 0.15) is 22.8 Å². The summed E-state index contributed by atoms with van der Waals surface area (Å²) >= 11 is 6.78. The van der Waals surface area contributed by atoms with Crippen LogP contribution < -0.4 is 15.6 Å². The molecule has 1 heterocycles. The summed E-state index contributed by atoms with van der Waals surface area (Å²) in [5.74, 6) is -3.53. The summed E-state index contributed by atoms with van der Waals surface area (Å²) in [5, 5.41) is 47.6. The lowest BCUT2D eigenvalue weighted by atomic mass is 10.2. The Balaban J connectivity index is 1.48. The molecule has 0 aliphatic carbocycles. The number of sulfone groups is 1. The Hall–Kier alpha value is -5.92. The minimum absolute atomic E-state index is 0.0700. The summed E-state index contributed by atoms with van der Waals surface area (Å²) in [6.07, 6.45) is 0. The van der Waals surface area contributed by atoms with E-state index in [-0.39, 0.29) is 50.6 Å². The minimum Gasteiger partial charge on any atom is -0.504 e. The summed E-state index contributed by atoms with van der Waals surface area (Å²) < 4.78 is 98.9. The molecule has 4 aromatic carbocycles. The van der Waals surface area contributed by atoms with E-state index < -0.39 is 70.7 Å². The Morgan fingerprint density at radius 1 is 0.903 bits per heavy atom. The van der Waals surface area contributed by atoms with Crippen molar-refractivity contribution in [1.82, 2.24) is 15.0 Å². The van der Waals surface area contributed by atoms with Gasteiger partial charge in [0, 0.05) is 22.7 Å². The number of nitrogens with zero attached hydrogens (tertiary/aromatic N) is 7. The number of halogens is 1. The van der Waals surface area contributed by atoms with E-state index in [0.29, 0.717) is 23.3 Å². The average Bonchev–Trinajstić information content (AvgIpc) is 3.21. The van der Waals surface area contributed by atoms with E-state index in [1.807, 2.05) is 0 Å². The lowest BCUT2D eigenvalue weighted by Gasteiger charge is -2.22. The molecule has 0 fully saturated rings. The Labute approximate surface area is 360 Å². The number of carboxylic acids is 1. The third-order valence-electron chi connectivity index (χ3n) is 7.80. The molecule has 5 rings (SSSR count). The number of carbonyl (C=O) groups is 1. The molecule has 29 heteroatoms. The number of aromatic nitrogens is 3. The average molecular weight is 956 g/mol. The molecule has 24 nitrogen and oxygen atoms in total. The van der Waals surface area contributed by atoms with Gasteiger partial charge in [0.2, 0.25) is 23.0 Å². The number of rotatable bonds is 19. The van der Waals surface area contributed by atoms with Gasteiger partial charge in [0.1, 0.15) is 5.69 Å². The van der Waals surface area contributed by atoms with Crippen molar-refractivity contribution >= 4 is 100 Å². The smallest absolute Gasteiger partial charge is 0.397 e. The quantitative estimate of drug-likeness (QED) is 0.00767. The van der Waals surface area contributed by atoms with Crippen LogP contribution in [0.25, 0.3) is 0 Å². The summed E-state index contributed by atoms with van der Waals surface area (Å²) in [7, 11) is -13.9.